The van der Waals surface area contributed by atoms with Crippen LogP contribution in [0.15, 0.2) is 42.5 Å². The first-order chi connectivity index (χ1) is 13.1. The van der Waals surface area contributed by atoms with Gasteiger partial charge in [0.25, 0.3) is 0 Å². The van der Waals surface area contributed by atoms with Gasteiger partial charge >= 0.3 is 0 Å². The molecule has 2 N–H and O–H groups in total. The second-order valence-electron chi connectivity index (χ2n) is 7.06. The molecule has 1 heterocycles. The van der Waals surface area contributed by atoms with Gasteiger partial charge in [0.1, 0.15) is 6.07 Å². The zero-order valence-corrected chi connectivity index (χ0v) is 15.6. The van der Waals surface area contributed by atoms with Crippen LogP contribution in [0.3, 0.4) is 0 Å². The SMILES string of the molecule is CC(=O)c1ccc(C#N)c(NCc2ccc(N3CCC(CO)CC3)cc2)c1. The van der Waals surface area contributed by atoms with Crippen LogP contribution in [0.4, 0.5) is 11.4 Å². The number of carbonyl (C=O) groups is 1. The van der Waals surface area contributed by atoms with E-state index >= 15 is 0 Å². The Labute approximate surface area is 160 Å². The van der Waals surface area contributed by atoms with Crippen molar-refractivity contribution >= 4 is 17.2 Å². The third-order valence-corrected chi connectivity index (χ3v) is 5.20. The lowest BCUT2D eigenvalue weighted by Gasteiger charge is -2.33. The van der Waals surface area contributed by atoms with Crippen LogP contribution in [0.2, 0.25) is 0 Å². The fraction of sp³-hybridized carbons (Fsp3) is 0.364. The summed E-state index contributed by atoms with van der Waals surface area (Å²) in [5.41, 5.74) is 4.12. The fourth-order valence-corrected chi connectivity index (χ4v) is 3.40. The molecule has 5 nitrogen and oxygen atoms in total. The van der Waals surface area contributed by atoms with Gasteiger partial charge in [0.05, 0.1) is 11.3 Å². The largest absolute Gasteiger partial charge is 0.396 e. The molecule has 1 aliphatic heterocycles. The van der Waals surface area contributed by atoms with Crippen molar-refractivity contribution in [3.8, 4) is 6.07 Å². The molecule has 0 aromatic heterocycles. The Balaban J connectivity index is 1.63. The molecular weight excluding hydrogens is 338 g/mol. The number of piperidine rings is 1. The van der Waals surface area contributed by atoms with Gasteiger partial charge in [-0.25, -0.2) is 0 Å². The summed E-state index contributed by atoms with van der Waals surface area (Å²) in [5.74, 6) is 0.418. The van der Waals surface area contributed by atoms with Crippen molar-refractivity contribution in [1.82, 2.24) is 0 Å². The summed E-state index contributed by atoms with van der Waals surface area (Å²) >= 11 is 0. The highest BCUT2D eigenvalue weighted by atomic mass is 16.3. The fourth-order valence-electron chi connectivity index (χ4n) is 3.40. The normalized spacial score (nSPS) is 14.6. The summed E-state index contributed by atoms with van der Waals surface area (Å²) in [7, 11) is 0. The molecule has 0 radical (unpaired) electrons. The van der Waals surface area contributed by atoms with Gasteiger partial charge in [-0.1, -0.05) is 12.1 Å². The van der Waals surface area contributed by atoms with Crippen molar-refractivity contribution < 1.29 is 9.90 Å². The molecule has 1 saturated heterocycles. The van der Waals surface area contributed by atoms with Gasteiger partial charge in [-0.3, -0.25) is 4.79 Å². The molecule has 0 unspecified atom stereocenters. The highest BCUT2D eigenvalue weighted by Gasteiger charge is 2.18. The Morgan fingerprint density at radius 2 is 1.93 bits per heavy atom. The first-order valence-corrected chi connectivity index (χ1v) is 9.34. The number of ketones is 1. The zero-order valence-electron chi connectivity index (χ0n) is 15.6. The minimum atomic E-state index is -0.0168. The highest BCUT2D eigenvalue weighted by molar-refractivity contribution is 5.95. The molecule has 2 aromatic rings. The first-order valence-electron chi connectivity index (χ1n) is 9.34. The molecule has 1 fully saturated rings. The Morgan fingerprint density at radius 3 is 2.52 bits per heavy atom. The number of Topliss-reactive ketones (excluding diaryl/α,β-unsaturated/α-hetero) is 1. The summed E-state index contributed by atoms with van der Waals surface area (Å²) in [5, 5.41) is 21.8. The maximum absolute atomic E-state index is 11.6. The molecule has 0 saturated carbocycles. The molecule has 0 atom stereocenters. The zero-order chi connectivity index (χ0) is 19.2. The summed E-state index contributed by atoms with van der Waals surface area (Å²) in [6.45, 7) is 4.35. The Morgan fingerprint density at radius 1 is 1.22 bits per heavy atom. The number of nitrogens with zero attached hydrogens (tertiary/aromatic N) is 2. The lowest BCUT2D eigenvalue weighted by molar-refractivity contribution is 0.101. The minimum Gasteiger partial charge on any atom is -0.396 e. The average Bonchev–Trinajstić information content (AvgIpc) is 2.72. The Hall–Kier alpha value is -2.84. The van der Waals surface area contributed by atoms with E-state index in [2.05, 4.69) is 40.6 Å². The van der Waals surface area contributed by atoms with E-state index in [1.165, 1.54) is 12.6 Å². The van der Waals surface area contributed by atoms with Gasteiger partial charge in [0, 0.05) is 37.5 Å². The molecular formula is C22H25N3O2. The lowest BCUT2D eigenvalue weighted by atomic mass is 9.97. The molecule has 5 heteroatoms. The van der Waals surface area contributed by atoms with Crippen LogP contribution in [0.1, 0.15) is 41.3 Å². The third kappa shape index (κ3) is 4.66. The molecule has 27 heavy (non-hydrogen) atoms. The topological polar surface area (TPSA) is 76.4 Å². The number of rotatable bonds is 6. The second kappa shape index (κ2) is 8.70. The second-order valence-corrected chi connectivity index (χ2v) is 7.06. The number of carbonyl (C=O) groups excluding carboxylic acids is 1. The van der Waals surface area contributed by atoms with Crippen LogP contribution in [0.5, 0.6) is 0 Å². The van der Waals surface area contributed by atoms with Crippen molar-refractivity contribution in [2.75, 3.05) is 29.9 Å². The number of benzene rings is 2. The van der Waals surface area contributed by atoms with Crippen LogP contribution in [-0.4, -0.2) is 30.6 Å². The minimum absolute atomic E-state index is 0.0168. The highest BCUT2D eigenvalue weighted by Crippen LogP contribution is 2.24. The van der Waals surface area contributed by atoms with Crippen LogP contribution in [0, 0.1) is 17.2 Å². The van der Waals surface area contributed by atoms with Crippen LogP contribution in [-0.2, 0) is 6.54 Å². The number of aliphatic hydroxyl groups excluding tert-OH is 1. The van der Waals surface area contributed by atoms with E-state index in [1.807, 2.05) is 0 Å². The van der Waals surface area contributed by atoms with Gasteiger partial charge in [-0.2, -0.15) is 5.26 Å². The lowest BCUT2D eigenvalue weighted by Crippen LogP contribution is -2.34. The van der Waals surface area contributed by atoms with Crippen LogP contribution < -0.4 is 10.2 Å². The molecule has 0 aliphatic carbocycles. The standard InChI is InChI=1S/C22H25N3O2/c1-16(27)19-4-5-20(13-23)22(12-19)24-14-17-2-6-21(7-3-17)25-10-8-18(15-26)9-11-25/h2-7,12,18,24,26H,8-11,14-15H2,1H3. The predicted molar refractivity (Wildman–Crippen MR) is 107 cm³/mol. The van der Waals surface area contributed by atoms with E-state index in [9.17, 15) is 15.2 Å². The molecule has 140 valence electrons. The average molecular weight is 363 g/mol. The molecule has 3 rings (SSSR count). The van der Waals surface area contributed by atoms with Gasteiger partial charge in [0.2, 0.25) is 0 Å². The van der Waals surface area contributed by atoms with E-state index in [-0.39, 0.29) is 12.4 Å². The molecule has 0 bridgehead atoms. The molecule has 1 aliphatic rings. The maximum atomic E-state index is 11.6. The van der Waals surface area contributed by atoms with Gasteiger partial charge in [-0.05, 0) is 61.6 Å². The number of nitrogens with one attached hydrogen (secondary N) is 1. The first kappa shape index (κ1) is 18.9. The number of hydrogen-bond donors (Lipinski definition) is 2. The van der Waals surface area contributed by atoms with E-state index < -0.39 is 0 Å². The van der Waals surface area contributed by atoms with Gasteiger partial charge in [0.15, 0.2) is 5.78 Å². The van der Waals surface area contributed by atoms with Crippen LogP contribution in [0.25, 0.3) is 0 Å². The smallest absolute Gasteiger partial charge is 0.159 e. The maximum Gasteiger partial charge on any atom is 0.159 e. The third-order valence-electron chi connectivity index (χ3n) is 5.20. The summed E-state index contributed by atoms with van der Waals surface area (Å²) in [4.78, 5) is 13.9. The van der Waals surface area contributed by atoms with Crippen molar-refractivity contribution in [1.29, 1.82) is 5.26 Å². The summed E-state index contributed by atoms with van der Waals surface area (Å²) in [6.07, 6.45) is 2.06. The number of hydrogen-bond acceptors (Lipinski definition) is 5. The van der Waals surface area contributed by atoms with Gasteiger partial charge < -0.3 is 15.3 Å². The Bertz CT molecular complexity index is 832. The van der Waals surface area contributed by atoms with E-state index in [1.54, 1.807) is 18.2 Å². The molecule has 0 amide bonds. The molecule has 0 spiro atoms. The van der Waals surface area contributed by atoms with Crippen LogP contribution >= 0.6 is 0 Å². The van der Waals surface area contributed by atoms with E-state index in [4.69, 9.17) is 0 Å². The van der Waals surface area contributed by atoms with Crippen molar-refractivity contribution in [2.45, 2.75) is 26.3 Å². The van der Waals surface area contributed by atoms with Crippen molar-refractivity contribution in [3.63, 3.8) is 0 Å². The number of aliphatic hydroxyl groups is 1. The molecule has 2 aromatic carbocycles. The quantitative estimate of drug-likeness (QED) is 0.767. The van der Waals surface area contributed by atoms with E-state index in [0.29, 0.717) is 29.3 Å². The number of anilines is 2. The predicted octanol–water partition coefficient (Wildman–Crippen LogP) is 3.58. The van der Waals surface area contributed by atoms with Crippen molar-refractivity contribution in [3.05, 3.63) is 59.2 Å². The number of nitriles is 1. The summed E-state index contributed by atoms with van der Waals surface area (Å²) < 4.78 is 0. The Kier molecular flexibility index (Phi) is 6.10. The van der Waals surface area contributed by atoms with E-state index in [0.717, 1.165) is 31.5 Å². The monoisotopic (exact) mass is 363 g/mol. The van der Waals surface area contributed by atoms with Gasteiger partial charge in [-0.15, -0.1) is 0 Å². The van der Waals surface area contributed by atoms with Crippen molar-refractivity contribution in [2.24, 2.45) is 5.92 Å². The summed E-state index contributed by atoms with van der Waals surface area (Å²) in [6, 6.07) is 15.7.